The fourth-order valence-corrected chi connectivity index (χ4v) is 4.96. The van der Waals surface area contributed by atoms with Gasteiger partial charge >= 0.3 is 0 Å². The molecule has 14 heavy (non-hydrogen) atoms. The van der Waals surface area contributed by atoms with Gasteiger partial charge in [0, 0.05) is 0 Å². The highest BCUT2D eigenvalue weighted by molar-refractivity contribution is 4.99. The number of rotatable bonds is 1. The third-order valence-corrected chi connectivity index (χ3v) is 5.67. The Labute approximate surface area is 88.5 Å². The highest BCUT2D eigenvalue weighted by Gasteiger charge is 2.48. The van der Waals surface area contributed by atoms with Crippen molar-refractivity contribution >= 4 is 0 Å². The number of hydrogen-bond acceptors (Lipinski definition) is 0. The van der Waals surface area contributed by atoms with Crippen LogP contribution in [0.2, 0.25) is 0 Å². The topological polar surface area (TPSA) is 0 Å². The second kappa shape index (κ2) is 3.00. The first-order valence-electron chi connectivity index (χ1n) is 6.68. The van der Waals surface area contributed by atoms with E-state index in [9.17, 15) is 0 Å². The first kappa shape index (κ1) is 9.24. The van der Waals surface area contributed by atoms with E-state index in [1.54, 1.807) is 44.9 Å². The summed E-state index contributed by atoms with van der Waals surface area (Å²) in [6.07, 6.45) is 11.0. The molecule has 4 rings (SSSR count). The molecule has 0 N–H and O–H groups in total. The molecule has 0 aliphatic heterocycles. The summed E-state index contributed by atoms with van der Waals surface area (Å²) in [5.41, 5.74) is 0.777. The molecule has 0 aromatic heterocycles. The lowest BCUT2D eigenvalue weighted by Crippen LogP contribution is -2.37. The highest BCUT2D eigenvalue weighted by atomic mass is 14.5. The standard InChI is InChI=1S/C14H24/c1-10(2)14-4-3-11-5-12(8-14)7-13(6-11)9-14/h10-13H,3-9H2,1-2H3. The summed E-state index contributed by atoms with van der Waals surface area (Å²) in [5.74, 6) is 4.31. The smallest absolute Gasteiger partial charge is 0.0269 e. The van der Waals surface area contributed by atoms with Gasteiger partial charge in [0.15, 0.2) is 0 Å². The van der Waals surface area contributed by atoms with Gasteiger partial charge in [-0.2, -0.15) is 0 Å². The van der Waals surface area contributed by atoms with Crippen LogP contribution in [0.3, 0.4) is 0 Å². The summed E-state index contributed by atoms with van der Waals surface area (Å²) < 4.78 is 0. The number of fused-ring (bicyclic) bond motifs is 1. The van der Waals surface area contributed by atoms with Gasteiger partial charge in [-0.1, -0.05) is 13.8 Å². The molecule has 4 aliphatic rings. The Kier molecular flexibility index (Phi) is 1.98. The fourth-order valence-electron chi connectivity index (χ4n) is 4.96. The summed E-state index contributed by atoms with van der Waals surface area (Å²) >= 11 is 0. The van der Waals surface area contributed by atoms with Crippen LogP contribution >= 0.6 is 0 Å². The van der Waals surface area contributed by atoms with Crippen LogP contribution in [0.15, 0.2) is 0 Å². The van der Waals surface area contributed by atoms with Crippen LogP contribution in [0.5, 0.6) is 0 Å². The van der Waals surface area contributed by atoms with E-state index >= 15 is 0 Å². The average molecular weight is 192 g/mol. The summed E-state index contributed by atoms with van der Waals surface area (Å²) in [6.45, 7) is 4.95. The number of hydrogen-bond donors (Lipinski definition) is 0. The van der Waals surface area contributed by atoms with E-state index in [0.717, 1.165) is 29.1 Å². The van der Waals surface area contributed by atoms with Crippen molar-refractivity contribution in [3.05, 3.63) is 0 Å². The molecule has 0 heteroatoms. The Bertz CT molecular complexity index is 214. The lowest BCUT2D eigenvalue weighted by molar-refractivity contribution is 0.0308. The maximum absolute atomic E-state index is 2.48. The minimum Gasteiger partial charge on any atom is -0.0622 e. The minimum absolute atomic E-state index is 0.777. The second-order valence-corrected chi connectivity index (χ2v) is 6.77. The van der Waals surface area contributed by atoms with Crippen LogP contribution in [0.1, 0.15) is 58.8 Å². The van der Waals surface area contributed by atoms with Gasteiger partial charge in [0.1, 0.15) is 0 Å². The van der Waals surface area contributed by atoms with E-state index in [4.69, 9.17) is 0 Å². The average Bonchev–Trinajstić information content (AvgIpc) is 2.31. The van der Waals surface area contributed by atoms with E-state index in [2.05, 4.69) is 13.8 Å². The Balaban J connectivity index is 1.93. The Morgan fingerprint density at radius 3 is 2.07 bits per heavy atom. The highest BCUT2D eigenvalue weighted by Crippen LogP contribution is 2.59. The maximum Gasteiger partial charge on any atom is -0.0269 e. The predicted octanol–water partition coefficient (Wildman–Crippen LogP) is 4.25. The van der Waals surface area contributed by atoms with E-state index in [1.165, 1.54) is 0 Å². The van der Waals surface area contributed by atoms with Crippen molar-refractivity contribution < 1.29 is 0 Å². The first-order valence-corrected chi connectivity index (χ1v) is 6.68. The zero-order valence-electron chi connectivity index (χ0n) is 9.76. The van der Waals surface area contributed by atoms with Gasteiger partial charge in [-0.3, -0.25) is 0 Å². The van der Waals surface area contributed by atoms with Crippen LogP contribution in [-0.2, 0) is 0 Å². The molecular formula is C14H24. The third kappa shape index (κ3) is 1.26. The van der Waals surface area contributed by atoms with Crippen LogP contribution in [0.4, 0.5) is 0 Å². The molecule has 0 amide bonds. The normalized spacial score (nSPS) is 51.2. The van der Waals surface area contributed by atoms with Crippen LogP contribution in [-0.4, -0.2) is 0 Å². The summed E-state index contributed by atoms with van der Waals surface area (Å²) in [5, 5.41) is 0. The van der Waals surface area contributed by atoms with Gasteiger partial charge in [0.25, 0.3) is 0 Å². The first-order chi connectivity index (χ1) is 6.68. The zero-order chi connectivity index (χ0) is 9.76. The van der Waals surface area contributed by atoms with Gasteiger partial charge in [-0.15, -0.1) is 0 Å². The van der Waals surface area contributed by atoms with E-state index < -0.39 is 0 Å². The molecule has 0 aromatic rings. The van der Waals surface area contributed by atoms with Gasteiger partial charge in [0.2, 0.25) is 0 Å². The Morgan fingerprint density at radius 2 is 1.50 bits per heavy atom. The van der Waals surface area contributed by atoms with Crippen LogP contribution < -0.4 is 0 Å². The van der Waals surface area contributed by atoms with E-state index in [1.807, 2.05) is 0 Å². The summed E-state index contributed by atoms with van der Waals surface area (Å²) in [6, 6.07) is 0. The Hall–Kier alpha value is 0. The molecule has 4 bridgehead atoms. The second-order valence-electron chi connectivity index (χ2n) is 6.77. The largest absolute Gasteiger partial charge is 0.0622 e. The quantitative estimate of drug-likeness (QED) is 0.582. The van der Waals surface area contributed by atoms with Crippen molar-refractivity contribution in [3.63, 3.8) is 0 Å². The zero-order valence-corrected chi connectivity index (χ0v) is 9.76. The van der Waals surface area contributed by atoms with Crippen molar-refractivity contribution in [1.82, 2.24) is 0 Å². The van der Waals surface area contributed by atoms with E-state index in [0.29, 0.717) is 0 Å². The maximum atomic E-state index is 2.48. The molecule has 4 aliphatic carbocycles. The molecule has 4 fully saturated rings. The summed E-state index contributed by atoms with van der Waals surface area (Å²) in [7, 11) is 0. The summed E-state index contributed by atoms with van der Waals surface area (Å²) in [4.78, 5) is 0. The van der Waals surface area contributed by atoms with Crippen LogP contribution in [0.25, 0.3) is 0 Å². The molecule has 2 atom stereocenters. The van der Waals surface area contributed by atoms with Gasteiger partial charge < -0.3 is 0 Å². The van der Waals surface area contributed by atoms with Crippen molar-refractivity contribution in [3.8, 4) is 0 Å². The van der Waals surface area contributed by atoms with Gasteiger partial charge in [-0.25, -0.2) is 0 Å². The Morgan fingerprint density at radius 1 is 0.929 bits per heavy atom. The molecule has 0 radical (unpaired) electrons. The SMILES string of the molecule is CC(C)C12CCC3CC(CC(C3)C1)C2. The molecule has 4 saturated carbocycles. The van der Waals surface area contributed by atoms with Crippen molar-refractivity contribution in [2.45, 2.75) is 58.8 Å². The van der Waals surface area contributed by atoms with Gasteiger partial charge in [-0.05, 0) is 74.0 Å². The molecular weight excluding hydrogens is 168 g/mol. The molecule has 0 saturated heterocycles. The van der Waals surface area contributed by atoms with Crippen molar-refractivity contribution in [2.24, 2.45) is 29.1 Å². The molecule has 0 spiro atoms. The molecule has 0 aromatic carbocycles. The monoisotopic (exact) mass is 192 g/mol. The molecule has 80 valence electrons. The minimum atomic E-state index is 0.777. The molecule has 0 heterocycles. The van der Waals surface area contributed by atoms with E-state index in [-0.39, 0.29) is 0 Å². The lowest BCUT2D eigenvalue weighted by atomic mass is 9.58. The van der Waals surface area contributed by atoms with Crippen LogP contribution in [0, 0.1) is 29.1 Å². The predicted molar refractivity (Wildman–Crippen MR) is 60.1 cm³/mol. The van der Waals surface area contributed by atoms with Crippen molar-refractivity contribution in [2.75, 3.05) is 0 Å². The fraction of sp³-hybridized carbons (Fsp3) is 1.00. The third-order valence-electron chi connectivity index (χ3n) is 5.67. The van der Waals surface area contributed by atoms with Crippen molar-refractivity contribution in [1.29, 1.82) is 0 Å². The molecule has 2 unspecified atom stereocenters. The lowest BCUT2D eigenvalue weighted by Gasteiger charge is -2.47. The van der Waals surface area contributed by atoms with Gasteiger partial charge in [0.05, 0.1) is 0 Å². The molecule has 0 nitrogen and oxygen atoms in total.